The molecule has 1 amide bonds. The van der Waals surface area contributed by atoms with Gasteiger partial charge in [0, 0.05) is 18.4 Å². The highest BCUT2D eigenvalue weighted by Crippen LogP contribution is 2.26. The Balaban J connectivity index is 2.35. The Morgan fingerprint density at radius 2 is 2.19 bits per heavy atom. The van der Waals surface area contributed by atoms with Crippen LogP contribution in [-0.2, 0) is 4.79 Å². The Labute approximate surface area is 92.9 Å². The van der Waals surface area contributed by atoms with E-state index in [9.17, 15) is 9.90 Å². The molecule has 1 aromatic heterocycles. The number of hydrogen-bond donors (Lipinski definition) is 2. The van der Waals surface area contributed by atoms with Crippen LogP contribution in [0.2, 0.25) is 0 Å². The number of carbonyl (C=O) groups is 1. The summed E-state index contributed by atoms with van der Waals surface area (Å²) >= 11 is 0. The topological polar surface area (TPSA) is 62.5 Å². The molecule has 0 aliphatic rings. The fourth-order valence-corrected chi connectivity index (χ4v) is 1.63. The van der Waals surface area contributed by atoms with Crippen molar-refractivity contribution in [3.63, 3.8) is 0 Å². The number of phenolic OH excluding ortho intramolecular Hbond substituents is 1. The minimum absolute atomic E-state index is 0.101. The largest absolute Gasteiger partial charge is 0.508 e. The summed E-state index contributed by atoms with van der Waals surface area (Å²) in [7, 11) is 0. The molecule has 0 saturated heterocycles. The van der Waals surface area contributed by atoms with E-state index < -0.39 is 0 Å². The molecule has 2 aromatic rings. The van der Waals surface area contributed by atoms with E-state index in [0.29, 0.717) is 11.3 Å². The van der Waals surface area contributed by atoms with Gasteiger partial charge in [-0.3, -0.25) is 4.79 Å². The summed E-state index contributed by atoms with van der Waals surface area (Å²) < 4.78 is 5.54. The van der Waals surface area contributed by atoms with Gasteiger partial charge in [0.05, 0.1) is 6.04 Å². The molecule has 0 radical (unpaired) electrons. The molecular weight excluding hydrogens is 206 g/mol. The van der Waals surface area contributed by atoms with Crippen molar-refractivity contribution in [3.05, 3.63) is 30.0 Å². The molecular formula is C12H13NO3. The lowest BCUT2D eigenvalue weighted by molar-refractivity contribution is -0.119. The number of nitrogens with one attached hydrogen (secondary N) is 1. The average Bonchev–Trinajstić information content (AvgIpc) is 2.59. The van der Waals surface area contributed by atoms with E-state index in [4.69, 9.17) is 4.42 Å². The molecule has 2 N–H and O–H groups in total. The highest BCUT2D eigenvalue weighted by Gasteiger charge is 2.12. The molecule has 0 saturated carbocycles. The molecule has 4 nitrogen and oxygen atoms in total. The average molecular weight is 219 g/mol. The van der Waals surface area contributed by atoms with E-state index in [2.05, 4.69) is 5.32 Å². The molecule has 4 heteroatoms. The summed E-state index contributed by atoms with van der Waals surface area (Å²) in [6.45, 7) is 3.31. The van der Waals surface area contributed by atoms with Crippen LogP contribution < -0.4 is 5.32 Å². The quantitative estimate of drug-likeness (QED) is 0.814. The van der Waals surface area contributed by atoms with Crippen LogP contribution in [0.25, 0.3) is 11.0 Å². The van der Waals surface area contributed by atoms with Crippen LogP contribution in [0.15, 0.2) is 28.7 Å². The minimum Gasteiger partial charge on any atom is -0.508 e. The molecule has 84 valence electrons. The number of amides is 1. The zero-order valence-electron chi connectivity index (χ0n) is 9.15. The van der Waals surface area contributed by atoms with Crippen molar-refractivity contribution in [2.75, 3.05) is 0 Å². The van der Waals surface area contributed by atoms with E-state index >= 15 is 0 Å². The maximum Gasteiger partial charge on any atom is 0.217 e. The van der Waals surface area contributed by atoms with E-state index in [1.807, 2.05) is 13.0 Å². The maximum absolute atomic E-state index is 10.9. The number of aromatic hydroxyl groups is 1. The summed E-state index contributed by atoms with van der Waals surface area (Å²) in [6, 6.07) is 6.62. The monoisotopic (exact) mass is 219 g/mol. The van der Waals surface area contributed by atoms with E-state index in [1.165, 1.54) is 6.92 Å². The molecule has 1 heterocycles. The third-order valence-electron chi connectivity index (χ3n) is 2.37. The molecule has 16 heavy (non-hydrogen) atoms. The fourth-order valence-electron chi connectivity index (χ4n) is 1.63. The van der Waals surface area contributed by atoms with Gasteiger partial charge in [-0.25, -0.2) is 0 Å². The second-order valence-corrected chi connectivity index (χ2v) is 3.79. The predicted octanol–water partition coefficient (Wildman–Crippen LogP) is 2.34. The molecule has 1 unspecified atom stereocenters. The number of hydrogen-bond acceptors (Lipinski definition) is 3. The Hall–Kier alpha value is -1.97. The zero-order chi connectivity index (χ0) is 11.7. The molecule has 2 rings (SSSR count). The Kier molecular flexibility index (Phi) is 2.56. The van der Waals surface area contributed by atoms with Gasteiger partial charge in [-0.1, -0.05) is 0 Å². The molecule has 0 spiro atoms. The third-order valence-corrected chi connectivity index (χ3v) is 2.37. The van der Waals surface area contributed by atoms with Gasteiger partial charge in [-0.2, -0.15) is 0 Å². The van der Waals surface area contributed by atoms with Gasteiger partial charge < -0.3 is 14.8 Å². The molecule has 0 aliphatic carbocycles. The Morgan fingerprint density at radius 3 is 2.88 bits per heavy atom. The lowest BCUT2D eigenvalue weighted by Crippen LogP contribution is -2.23. The molecule has 0 aliphatic heterocycles. The number of rotatable bonds is 2. The van der Waals surface area contributed by atoms with Gasteiger partial charge in [0.1, 0.15) is 17.1 Å². The first-order valence-electron chi connectivity index (χ1n) is 5.06. The number of furan rings is 1. The highest BCUT2D eigenvalue weighted by atomic mass is 16.3. The number of carbonyl (C=O) groups excluding carboxylic acids is 1. The first kappa shape index (κ1) is 10.5. The van der Waals surface area contributed by atoms with E-state index in [1.54, 1.807) is 18.2 Å². The van der Waals surface area contributed by atoms with Gasteiger partial charge in [-0.15, -0.1) is 0 Å². The highest BCUT2D eigenvalue weighted by molar-refractivity contribution is 5.80. The van der Waals surface area contributed by atoms with Crippen molar-refractivity contribution in [1.82, 2.24) is 5.32 Å². The summed E-state index contributed by atoms with van der Waals surface area (Å²) in [5.74, 6) is 0.743. The van der Waals surface area contributed by atoms with Gasteiger partial charge in [0.2, 0.25) is 5.91 Å². The SMILES string of the molecule is CC(=O)NC(C)c1cc2ccc(O)cc2o1. The van der Waals surface area contributed by atoms with Gasteiger partial charge in [0.25, 0.3) is 0 Å². The smallest absolute Gasteiger partial charge is 0.217 e. The standard InChI is InChI=1S/C12H13NO3/c1-7(13-8(2)14)11-5-9-3-4-10(15)6-12(9)16-11/h3-7,15H,1-2H3,(H,13,14). The normalized spacial score (nSPS) is 12.6. The molecule has 1 aromatic carbocycles. The van der Waals surface area contributed by atoms with Crippen LogP contribution in [0.1, 0.15) is 25.6 Å². The summed E-state index contributed by atoms with van der Waals surface area (Å²) in [5.41, 5.74) is 0.618. The second-order valence-electron chi connectivity index (χ2n) is 3.79. The number of phenols is 1. The fraction of sp³-hybridized carbons (Fsp3) is 0.250. The van der Waals surface area contributed by atoms with Gasteiger partial charge in [-0.05, 0) is 25.1 Å². The van der Waals surface area contributed by atoms with Crippen LogP contribution in [-0.4, -0.2) is 11.0 Å². The van der Waals surface area contributed by atoms with Crippen LogP contribution >= 0.6 is 0 Å². The third kappa shape index (κ3) is 2.00. The lowest BCUT2D eigenvalue weighted by Gasteiger charge is -2.08. The van der Waals surface area contributed by atoms with Crippen molar-refractivity contribution in [2.45, 2.75) is 19.9 Å². The first-order valence-corrected chi connectivity index (χ1v) is 5.06. The van der Waals surface area contributed by atoms with Gasteiger partial charge in [0.15, 0.2) is 0 Å². The summed E-state index contributed by atoms with van der Waals surface area (Å²) in [6.07, 6.45) is 0. The van der Waals surface area contributed by atoms with Crippen molar-refractivity contribution in [3.8, 4) is 5.75 Å². The summed E-state index contributed by atoms with van der Waals surface area (Å²) in [4.78, 5) is 10.9. The van der Waals surface area contributed by atoms with E-state index in [-0.39, 0.29) is 17.7 Å². The minimum atomic E-state index is -0.174. The lowest BCUT2D eigenvalue weighted by atomic mass is 10.2. The summed E-state index contributed by atoms with van der Waals surface area (Å²) in [5, 5.41) is 12.9. The van der Waals surface area contributed by atoms with Crippen LogP contribution in [0.3, 0.4) is 0 Å². The molecule has 0 bridgehead atoms. The maximum atomic E-state index is 10.9. The van der Waals surface area contributed by atoms with Crippen molar-refractivity contribution in [1.29, 1.82) is 0 Å². The Morgan fingerprint density at radius 1 is 1.44 bits per heavy atom. The van der Waals surface area contributed by atoms with Gasteiger partial charge >= 0.3 is 0 Å². The van der Waals surface area contributed by atoms with Crippen molar-refractivity contribution < 1.29 is 14.3 Å². The van der Waals surface area contributed by atoms with Crippen molar-refractivity contribution >= 4 is 16.9 Å². The Bertz CT molecular complexity index is 530. The first-order chi connectivity index (χ1) is 7.56. The van der Waals surface area contributed by atoms with Crippen LogP contribution in [0.4, 0.5) is 0 Å². The molecule has 0 fully saturated rings. The second kappa shape index (κ2) is 3.89. The number of benzene rings is 1. The predicted molar refractivity (Wildman–Crippen MR) is 60.1 cm³/mol. The van der Waals surface area contributed by atoms with E-state index in [0.717, 1.165) is 5.39 Å². The van der Waals surface area contributed by atoms with Crippen LogP contribution in [0.5, 0.6) is 5.75 Å². The molecule has 1 atom stereocenters. The van der Waals surface area contributed by atoms with Crippen molar-refractivity contribution in [2.24, 2.45) is 0 Å². The van der Waals surface area contributed by atoms with Crippen LogP contribution in [0, 0.1) is 0 Å². The zero-order valence-corrected chi connectivity index (χ0v) is 9.15. The number of fused-ring (bicyclic) bond motifs is 1.